The van der Waals surface area contributed by atoms with Gasteiger partial charge in [0.1, 0.15) is 0 Å². The van der Waals surface area contributed by atoms with Gasteiger partial charge < -0.3 is 16.8 Å². The van der Waals surface area contributed by atoms with Crippen molar-refractivity contribution in [2.24, 2.45) is 16.5 Å². The molecule has 1 aliphatic heterocycles. The first-order chi connectivity index (χ1) is 5.09. The van der Waals surface area contributed by atoms with Crippen molar-refractivity contribution in [3.63, 3.8) is 0 Å². The summed E-state index contributed by atoms with van der Waals surface area (Å²) in [7, 11) is 0. The average molecular weight is 157 g/mol. The summed E-state index contributed by atoms with van der Waals surface area (Å²) >= 11 is 0. The summed E-state index contributed by atoms with van der Waals surface area (Å²) < 4.78 is 0. The Morgan fingerprint density at radius 1 is 1.73 bits per heavy atom. The number of urea groups is 1. The van der Waals surface area contributed by atoms with Crippen LogP contribution in [0.1, 0.15) is 0 Å². The van der Waals surface area contributed by atoms with Gasteiger partial charge in [-0.25, -0.2) is 9.79 Å². The molecule has 0 fully saturated rings. The average Bonchev–Trinajstić information content (AvgIpc) is 2.09. The van der Waals surface area contributed by atoms with Gasteiger partial charge in [0.25, 0.3) is 5.91 Å². The number of aliphatic imine (C=N–C) groups is 1. The second kappa shape index (κ2) is 2.45. The van der Waals surface area contributed by atoms with Crippen molar-refractivity contribution in [2.75, 3.05) is 0 Å². The molecule has 11 heavy (non-hydrogen) atoms. The highest BCUT2D eigenvalue weighted by Crippen LogP contribution is 1.92. The SMILES string of the molecule is NC(=O)NC1N=C(N)NC1=O. The van der Waals surface area contributed by atoms with E-state index in [0.717, 1.165) is 0 Å². The van der Waals surface area contributed by atoms with Gasteiger partial charge in [0.05, 0.1) is 0 Å². The van der Waals surface area contributed by atoms with Crippen LogP contribution in [0.5, 0.6) is 0 Å². The normalized spacial score (nSPS) is 22.4. The number of primary amides is 1. The van der Waals surface area contributed by atoms with Crippen molar-refractivity contribution in [3.8, 4) is 0 Å². The molecule has 1 unspecified atom stereocenters. The molecule has 0 spiro atoms. The molecular formula is C4H7N5O2. The van der Waals surface area contributed by atoms with E-state index in [2.05, 4.69) is 15.6 Å². The third-order valence-electron chi connectivity index (χ3n) is 1.05. The summed E-state index contributed by atoms with van der Waals surface area (Å²) in [6.07, 6.45) is -0.979. The summed E-state index contributed by atoms with van der Waals surface area (Å²) in [5.74, 6) is -0.505. The molecule has 3 amide bonds. The predicted octanol–water partition coefficient (Wildman–Crippen LogP) is -2.57. The van der Waals surface area contributed by atoms with Gasteiger partial charge in [0, 0.05) is 0 Å². The van der Waals surface area contributed by atoms with Gasteiger partial charge >= 0.3 is 6.03 Å². The van der Waals surface area contributed by atoms with Crippen LogP contribution in [-0.4, -0.2) is 24.1 Å². The first-order valence-electron chi connectivity index (χ1n) is 2.79. The fraction of sp³-hybridized carbons (Fsp3) is 0.250. The van der Waals surface area contributed by atoms with Gasteiger partial charge in [0.15, 0.2) is 5.96 Å². The molecular weight excluding hydrogens is 150 g/mol. The van der Waals surface area contributed by atoms with Gasteiger partial charge in [-0.05, 0) is 0 Å². The van der Waals surface area contributed by atoms with E-state index in [9.17, 15) is 9.59 Å². The Labute approximate surface area is 61.8 Å². The van der Waals surface area contributed by atoms with E-state index in [1.54, 1.807) is 0 Å². The number of nitrogens with one attached hydrogen (secondary N) is 2. The molecule has 0 aromatic heterocycles. The summed E-state index contributed by atoms with van der Waals surface area (Å²) in [4.78, 5) is 24.5. The summed E-state index contributed by atoms with van der Waals surface area (Å²) in [5, 5.41) is 4.27. The van der Waals surface area contributed by atoms with Crippen LogP contribution in [0.2, 0.25) is 0 Å². The Balaban J connectivity index is 2.59. The van der Waals surface area contributed by atoms with Crippen LogP contribution in [0.3, 0.4) is 0 Å². The Morgan fingerprint density at radius 2 is 2.36 bits per heavy atom. The highest BCUT2D eigenvalue weighted by atomic mass is 16.2. The van der Waals surface area contributed by atoms with Crippen molar-refractivity contribution < 1.29 is 9.59 Å². The minimum Gasteiger partial charge on any atom is -0.370 e. The highest BCUT2D eigenvalue weighted by Gasteiger charge is 2.25. The van der Waals surface area contributed by atoms with Crippen molar-refractivity contribution in [2.45, 2.75) is 6.17 Å². The van der Waals surface area contributed by atoms with Gasteiger partial charge in [-0.3, -0.25) is 10.1 Å². The Morgan fingerprint density at radius 3 is 2.73 bits per heavy atom. The van der Waals surface area contributed by atoms with Crippen LogP contribution >= 0.6 is 0 Å². The molecule has 0 radical (unpaired) electrons. The van der Waals surface area contributed by atoms with Gasteiger partial charge in [-0.1, -0.05) is 0 Å². The summed E-state index contributed by atoms with van der Waals surface area (Å²) in [6.45, 7) is 0. The molecule has 0 saturated carbocycles. The van der Waals surface area contributed by atoms with Crippen LogP contribution < -0.4 is 22.1 Å². The molecule has 0 aliphatic carbocycles. The van der Waals surface area contributed by atoms with Crippen LogP contribution in [-0.2, 0) is 4.79 Å². The number of carbonyl (C=O) groups is 2. The van der Waals surface area contributed by atoms with Crippen molar-refractivity contribution in [1.82, 2.24) is 10.6 Å². The maximum Gasteiger partial charge on any atom is 0.314 e. The molecule has 0 bridgehead atoms. The topological polar surface area (TPSA) is 123 Å². The molecule has 1 rings (SSSR count). The molecule has 0 aromatic rings. The van der Waals surface area contributed by atoms with Gasteiger partial charge in [0.2, 0.25) is 6.17 Å². The lowest BCUT2D eigenvalue weighted by molar-refractivity contribution is -0.120. The fourth-order valence-corrected chi connectivity index (χ4v) is 0.657. The highest BCUT2D eigenvalue weighted by molar-refractivity contribution is 6.04. The van der Waals surface area contributed by atoms with Gasteiger partial charge in [-0.2, -0.15) is 0 Å². The smallest absolute Gasteiger partial charge is 0.314 e. The second-order valence-corrected chi connectivity index (χ2v) is 1.91. The quantitative estimate of drug-likeness (QED) is 0.334. The van der Waals surface area contributed by atoms with Crippen molar-refractivity contribution in [3.05, 3.63) is 0 Å². The third-order valence-corrected chi connectivity index (χ3v) is 1.05. The van der Waals surface area contributed by atoms with E-state index in [0.29, 0.717) is 0 Å². The van der Waals surface area contributed by atoms with Crippen molar-refractivity contribution >= 4 is 17.9 Å². The number of carbonyl (C=O) groups excluding carboxylic acids is 2. The molecule has 0 saturated heterocycles. The standard InChI is InChI=1S/C4H7N5O2/c5-3-7-1(2(10)9-3)8-4(6)11/h1H,(H3,6,8,11)(H3,5,7,9,10). The first-order valence-corrected chi connectivity index (χ1v) is 2.79. The molecule has 60 valence electrons. The van der Waals surface area contributed by atoms with E-state index >= 15 is 0 Å². The number of amides is 3. The van der Waals surface area contributed by atoms with E-state index in [1.807, 2.05) is 0 Å². The maximum atomic E-state index is 10.7. The number of nitrogens with two attached hydrogens (primary N) is 2. The number of guanidine groups is 1. The zero-order valence-electron chi connectivity index (χ0n) is 5.50. The fourth-order valence-electron chi connectivity index (χ4n) is 0.657. The zero-order valence-corrected chi connectivity index (χ0v) is 5.50. The third kappa shape index (κ3) is 1.57. The summed E-state index contributed by atoms with van der Waals surface area (Å²) in [6, 6.07) is -0.816. The number of hydrogen-bond acceptors (Lipinski definition) is 4. The minimum atomic E-state index is -0.979. The monoisotopic (exact) mass is 157 g/mol. The number of nitrogens with zero attached hydrogens (tertiary/aromatic N) is 1. The maximum absolute atomic E-state index is 10.7. The van der Waals surface area contributed by atoms with Crippen molar-refractivity contribution in [1.29, 1.82) is 0 Å². The van der Waals surface area contributed by atoms with Crippen LogP contribution in [0.4, 0.5) is 4.79 Å². The molecule has 1 aliphatic rings. The lowest BCUT2D eigenvalue weighted by Crippen LogP contribution is -2.43. The lowest BCUT2D eigenvalue weighted by atomic mass is 10.5. The lowest BCUT2D eigenvalue weighted by Gasteiger charge is -2.02. The van der Waals surface area contributed by atoms with E-state index in [4.69, 9.17) is 11.5 Å². The van der Waals surface area contributed by atoms with E-state index in [1.165, 1.54) is 0 Å². The Kier molecular flexibility index (Phi) is 1.63. The Hall–Kier alpha value is -1.79. The zero-order chi connectivity index (χ0) is 8.43. The number of hydrogen-bond donors (Lipinski definition) is 4. The van der Waals surface area contributed by atoms with E-state index in [-0.39, 0.29) is 5.96 Å². The molecule has 1 heterocycles. The molecule has 7 heteroatoms. The van der Waals surface area contributed by atoms with Crippen LogP contribution in [0.15, 0.2) is 4.99 Å². The molecule has 0 aromatic carbocycles. The second-order valence-electron chi connectivity index (χ2n) is 1.91. The van der Waals surface area contributed by atoms with Gasteiger partial charge in [-0.15, -0.1) is 0 Å². The van der Waals surface area contributed by atoms with E-state index < -0.39 is 18.1 Å². The largest absolute Gasteiger partial charge is 0.370 e. The van der Waals surface area contributed by atoms with Crippen LogP contribution in [0, 0.1) is 0 Å². The van der Waals surface area contributed by atoms with Crippen LogP contribution in [0.25, 0.3) is 0 Å². The number of rotatable bonds is 1. The molecule has 1 atom stereocenters. The molecule has 6 N–H and O–H groups in total. The minimum absolute atomic E-state index is 0.0197. The molecule has 7 nitrogen and oxygen atoms in total. The summed E-state index contributed by atoms with van der Waals surface area (Å²) in [5.41, 5.74) is 9.86. The predicted molar refractivity (Wildman–Crippen MR) is 36.3 cm³/mol. The Bertz CT molecular complexity index is 235. The first kappa shape index (κ1) is 7.32.